The number of hydrogen-bond acceptors (Lipinski definition) is 2. The highest BCUT2D eigenvalue weighted by Crippen LogP contribution is 1.84. The lowest BCUT2D eigenvalue weighted by Crippen LogP contribution is -2.35. The minimum atomic E-state index is -0.595. The van der Waals surface area contributed by atoms with Crippen LogP contribution in [-0.2, 0) is 0 Å². The van der Waals surface area contributed by atoms with Gasteiger partial charge in [-0.05, 0) is 6.42 Å². The molecule has 0 aliphatic rings. The molecule has 0 heterocycles. The standard InChI is InChI=1S/C5H12N2O2/c1-2-4(8)3-7-5(6)9/h4,8H,2-3H2,1H3,(H3,6,7,9)/t4-/m1/s1. The van der Waals surface area contributed by atoms with Gasteiger partial charge in [-0.1, -0.05) is 6.92 Å². The number of carbonyl (C=O) groups is 1. The van der Waals surface area contributed by atoms with Crippen LogP contribution in [0.2, 0.25) is 0 Å². The predicted octanol–water partition coefficient (Wildman–Crippen LogP) is -0.574. The van der Waals surface area contributed by atoms with Gasteiger partial charge in [-0.3, -0.25) is 0 Å². The van der Waals surface area contributed by atoms with Crippen LogP contribution in [0.25, 0.3) is 0 Å². The molecule has 4 nitrogen and oxygen atoms in total. The van der Waals surface area contributed by atoms with E-state index in [4.69, 9.17) is 10.8 Å². The Morgan fingerprint density at radius 1 is 1.89 bits per heavy atom. The molecule has 0 saturated heterocycles. The molecule has 9 heavy (non-hydrogen) atoms. The summed E-state index contributed by atoms with van der Waals surface area (Å²) < 4.78 is 0. The fourth-order valence-corrected chi connectivity index (χ4v) is 0.363. The minimum Gasteiger partial charge on any atom is -0.391 e. The quantitative estimate of drug-likeness (QED) is 0.480. The molecule has 0 spiro atoms. The molecule has 0 aromatic carbocycles. The molecule has 2 amide bonds. The number of amides is 2. The van der Waals surface area contributed by atoms with E-state index in [0.717, 1.165) is 0 Å². The second kappa shape index (κ2) is 4.14. The SMILES string of the molecule is CC[C@@H](O)CNC(N)=O. The Labute approximate surface area is 54.0 Å². The fraction of sp³-hybridized carbons (Fsp3) is 0.800. The van der Waals surface area contributed by atoms with Gasteiger partial charge < -0.3 is 16.2 Å². The van der Waals surface area contributed by atoms with Crippen molar-refractivity contribution in [2.75, 3.05) is 6.54 Å². The molecule has 4 N–H and O–H groups in total. The molecule has 1 atom stereocenters. The summed E-state index contributed by atoms with van der Waals surface area (Å²) in [5, 5.41) is 11.1. The van der Waals surface area contributed by atoms with Gasteiger partial charge in [0.2, 0.25) is 0 Å². The summed E-state index contributed by atoms with van der Waals surface area (Å²) in [5.74, 6) is 0. The highest BCUT2D eigenvalue weighted by molar-refractivity contribution is 5.71. The van der Waals surface area contributed by atoms with Crippen LogP contribution in [0.3, 0.4) is 0 Å². The Hall–Kier alpha value is -0.770. The molecule has 54 valence electrons. The van der Waals surface area contributed by atoms with E-state index in [-0.39, 0.29) is 6.54 Å². The number of carbonyl (C=O) groups excluding carboxylic acids is 1. The maximum Gasteiger partial charge on any atom is 0.312 e. The van der Waals surface area contributed by atoms with Crippen molar-refractivity contribution < 1.29 is 9.90 Å². The highest BCUT2D eigenvalue weighted by Gasteiger charge is 1.99. The first-order chi connectivity index (χ1) is 4.16. The summed E-state index contributed by atoms with van der Waals surface area (Å²) in [6, 6.07) is -0.595. The van der Waals surface area contributed by atoms with Crippen molar-refractivity contribution in [3.63, 3.8) is 0 Å². The number of nitrogens with two attached hydrogens (primary N) is 1. The van der Waals surface area contributed by atoms with Crippen molar-refractivity contribution in [2.45, 2.75) is 19.4 Å². The van der Waals surface area contributed by atoms with Crippen LogP contribution in [0, 0.1) is 0 Å². The summed E-state index contributed by atoms with van der Waals surface area (Å²) in [5.41, 5.74) is 4.73. The second-order valence-electron chi connectivity index (χ2n) is 1.81. The summed E-state index contributed by atoms with van der Waals surface area (Å²) >= 11 is 0. The van der Waals surface area contributed by atoms with Gasteiger partial charge in [-0.25, -0.2) is 4.79 Å². The lowest BCUT2D eigenvalue weighted by molar-refractivity contribution is 0.167. The van der Waals surface area contributed by atoms with Crippen molar-refractivity contribution in [2.24, 2.45) is 5.73 Å². The van der Waals surface area contributed by atoms with Crippen molar-refractivity contribution in [1.82, 2.24) is 5.32 Å². The van der Waals surface area contributed by atoms with E-state index in [9.17, 15) is 4.79 Å². The molecule has 0 aliphatic carbocycles. The smallest absolute Gasteiger partial charge is 0.312 e. The zero-order chi connectivity index (χ0) is 7.28. The Morgan fingerprint density at radius 2 is 2.44 bits per heavy atom. The Bertz CT molecular complexity index is 95.0. The normalized spacial score (nSPS) is 12.7. The first kappa shape index (κ1) is 8.23. The predicted molar refractivity (Wildman–Crippen MR) is 33.9 cm³/mol. The zero-order valence-electron chi connectivity index (χ0n) is 5.42. The van der Waals surface area contributed by atoms with Crippen LogP contribution in [-0.4, -0.2) is 23.8 Å². The van der Waals surface area contributed by atoms with E-state index in [1.54, 1.807) is 0 Å². The molecular weight excluding hydrogens is 120 g/mol. The third-order valence-corrected chi connectivity index (χ3v) is 0.983. The van der Waals surface area contributed by atoms with E-state index in [0.29, 0.717) is 6.42 Å². The summed E-state index contributed by atoms with van der Waals surface area (Å²) in [6.07, 6.45) is 0.151. The fourth-order valence-electron chi connectivity index (χ4n) is 0.363. The van der Waals surface area contributed by atoms with E-state index >= 15 is 0 Å². The van der Waals surface area contributed by atoms with Gasteiger partial charge >= 0.3 is 6.03 Å². The molecule has 4 heteroatoms. The van der Waals surface area contributed by atoms with Crippen LogP contribution in [0.15, 0.2) is 0 Å². The molecule has 0 unspecified atom stereocenters. The maximum atomic E-state index is 10.0. The lowest BCUT2D eigenvalue weighted by Gasteiger charge is -2.05. The van der Waals surface area contributed by atoms with Crippen LogP contribution in [0.4, 0.5) is 4.79 Å². The molecule has 0 aromatic heterocycles. The maximum absolute atomic E-state index is 10.0. The van der Waals surface area contributed by atoms with Gasteiger partial charge in [-0.15, -0.1) is 0 Å². The Kier molecular flexibility index (Phi) is 3.79. The number of aliphatic hydroxyl groups excluding tert-OH is 1. The van der Waals surface area contributed by atoms with Crippen molar-refractivity contribution >= 4 is 6.03 Å². The number of urea groups is 1. The Balaban J connectivity index is 3.16. The summed E-state index contributed by atoms with van der Waals surface area (Å²) in [4.78, 5) is 10.0. The monoisotopic (exact) mass is 132 g/mol. The third-order valence-electron chi connectivity index (χ3n) is 0.983. The molecule has 0 aromatic rings. The number of aliphatic hydroxyl groups is 1. The molecule has 0 saturated carbocycles. The minimum absolute atomic E-state index is 0.242. The van der Waals surface area contributed by atoms with E-state index in [1.165, 1.54) is 0 Å². The van der Waals surface area contributed by atoms with E-state index in [2.05, 4.69) is 5.32 Å². The molecular formula is C5H12N2O2. The van der Waals surface area contributed by atoms with Crippen molar-refractivity contribution in [3.8, 4) is 0 Å². The van der Waals surface area contributed by atoms with Gasteiger partial charge in [0.25, 0.3) is 0 Å². The van der Waals surface area contributed by atoms with Gasteiger partial charge in [0.1, 0.15) is 0 Å². The van der Waals surface area contributed by atoms with Gasteiger partial charge in [0.05, 0.1) is 6.10 Å². The van der Waals surface area contributed by atoms with E-state index < -0.39 is 12.1 Å². The first-order valence-electron chi connectivity index (χ1n) is 2.88. The largest absolute Gasteiger partial charge is 0.391 e. The van der Waals surface area contributed by atoms with Gasteiger partial charge in [0, 0.05) is 6.54 Å². The number of primary amides is 1. The summed E-state index contributed by atoms with van der Waals surface area (Å²) in [7, 11) is 0. The van der Waals surface area contributed by atoms with Crippen LogP contribution in [0.5, 0.6) is 0 Å². The number of hydrogen-bond donors (Lipinski definition) is 3. The third kappa shape index (κ3) is 5.10. The second-order valence-corrected chi connectivity index (χ2v) is 1.81. The van der Waals surface area contributed by atoms with Crippen LogP contribution in [0.1, 0.15) is 13.3 Å². The molecule has 0 bridgehead atoms. The molecule has 0 radical (unpaired) electrons. The van der Waals surface area contributed by atoms with Gasteiger partial charge in [-0.2, -0.15) is 0 Å². The lowest BCUT2D eigenvalue weighted by atomic mass is 10.3. The zero-order valence-corrected chi connectivity index (χ0v) is 5.42. The average Bonchev–Trinajstić information content (AvgIpc) is 1.83. The first-order valence-corrected chi connectivity index (χ1v) is 2.88. The topological polar surface area (TPSA) is 75.3 Å². The summed E-state index contributed by atoms with van der Waals surface area (Å²) in [6.45, 7) is 2.07. The van der Waals surface area contributed by atoms with Crippen LogP contribution >= 0.6 is 0 Å². The number of rotatable bonds is 3. The Morgan fingerprint density at radius 3 is 2.78 bits per heavy atom. The van der Waals surface area contributed by atoms with Crippen molar-refractivity contribution in [1.29, 1.82) is 0 Å². The highest BCUT2D eigenvalue weighted by atomic mass is 16.3. The van der Waals surface area contributed by atoms with Crippen LogP contribution < -0.4 is 11.1 Å². The number of nitrogens with one attached hydrogen (secondary N) is 1. The van der Waals surface area contributed by atoms with E-state index in [1.807, 2.05) is 6.92 Å². The average molecular weight is 132 g/mol. The van der Waals surface area contributed by atoms with Gasteiger partial charge in [0.15, 0.2) is 0 Å². The molecule has 0 aliphatic heterocycles. The molecule has 0 rings (SSSR count). The molecule has 0 fully saturated rings. The van der Waals surface area contributed by atoms with Crippen molar-refractivity contribution in [3.05, 3.63) is 0 Å².